The lowest BCUT2D eigenvalue weighted by Gasteiger charge is -2.13. The zero-order valence-electron chi connectivity index (χ0n) is 18.1. The molecule has 1 amide bonds. The molecule has 0 saturated heterocycles. The van der Waals surface area contributed by atoms with Gasteiger partial charge in [0, 0.05) is 6.54 Å². The van der Waals surface area contributed by atoms with Crippen molar-refractivity contribution in [2.45, 2.75) is 32.6 Å². The summed E-state index contributed by atoms with van der Waals surface area (Å²) in [6.45, 7) is 5.00. The van der Waals surface area contributed by atoms with Gasteiger partial charge in [0.1, 0.15) is 5.75 Å². The van der Waals surface area contributed by atoms with E-state index in [1.165, 1.54) is 0 Å². The molecule has 1 N–H and O–H groups in total. The molecule has 2 aromatic carbocycles. The lowest BCUT2D eigenvalue weighted by atomic mass is 10.1. The Morgan fingerprint density at radius 2 is 1.77 bits per heavy atom. The van der Waals surface area contributed by atoms with Crippen LogP contribution in [0.5, 0.6) is 11.5 Å². The molecule has 166 valence electrons. The summed E-state index contributed by atoms with van der Waals surface area (Å²) in [5.41, 5.74) is 1.75. The van der Waals surface area contributed by atoms with E-state index in [2.05, 4.69) is 19.2 Å². The molecule has 2 rings (SSSR count). The highest BCUT2D eigenvalue weighted by Crippen LogP contribution is 2.28. The normalized spacial score (nSPS) is 11.1. The Morgan fingerprint density at radius 1 is 1.10 bits per heavy atom. The van der Waals surface area contributed by atoms with Gasteiger partial charge in [-0.25, -0.2) is 8.42 Å². The number of benzene rings is 2. The van der Waals surface area contributed by atoms with Crippen LogP contribution >= 0.6 is 0 Å². The van der Waals surface area contributed by atoms with Gasteiger partial charge in [-0.3, -0.25) is 4.79 Å². The molecule has 0 aliphatic heterocycles. The number of carbonyl (C=O) groups excluding carboxylic acids is 1. The number of rotatable bonds is 11. The zero-order chi connectivity index (χ0) is 22.9. The van der Waals surface area contributed by atoms with Gasteiger partial charge >= 0.3 is 0 Å². The van der Waals surface area contributed by atoms with E-state index in [1.807, 2.05) is 6.07 Å². The Labute approximate surface area is 183 Å². The van der Waals surface area contributed by atoms with E-state index in [4.69, 9.17) is 14.7 Å². The van der Waals surface area contributed by atoms with Gasteiger partial charge in [-0.05, 0) is 47.7 Å². The minimum atomic E-state index is -3.63. The average molecular weight is 445 g/mol. The second-order valence-electron chi connectivity index (χ2n) is 7.63. The number of nitriles is 1. The van der Waals surface area contributed by atoms with Crippen LogP contribution in [0.3, 0.4) is 0 Å². The number of methoxy groups -OCH3 is 1. The molecule has 0 heterocycles. The van der Waals surface area contributed by atoms with E-state index in [1.54, 1.807) is 49.6 Å². The average Bonchev–Trinajstić information content (AvgIpc) is 2.72. The fourth-order valence-electron chi connectivity index (χ4n) is 2.78. The third-order valence-corrected chi connectivity index (χ3v) is 5.97. The summed E-state index contributed by atoms with van der Waals surface area (Å²) in [6, 6.07) is 13.6. The molecule has 0 unspecified atom stereocenters. The molecule has 7 nitrogen and oxygen atoms in total. The van der Waals surface area contributed by atoms with E-state index < -0.39 is 21.5 Å². The predicted octanol–water partition coefficient (Wildman–Crippen LogP) is 3.22. The standard InChI is InChI=1S/C23H28N2O5S/c1-17(2)10-11-30-21-9-8-20(12-22(21)29-3)14-25-23(26)16-31(27,28)15-19-6-4-18(13-24)5-7-19/h4-9,12,17H,10-11,14-16H2,1-3H3,(H,25,26). The van der Waals surface area contributed by atoms with E-state index in [-0.39, 0.29) is 12.3 Å². The summed E-state index contributed by atoms with van der Waals surface area (Å²) in [4.78, 5) is 12.2. The van der Waals surface area contributed by atoms with Crippen molar-refractivity contribution in [3.8, 4) is 17.6 Å². The number of nitrogens with zero attached hydrogens (tertiary/aromatic N) is 1. The van der Waals surface area contributed by atoms with Crippen molar-refractivity contribution >= 4 is 15.7 Å². The van der Waals surface area contributed by atoms with Crippen LogP contribution in [0.1, 0.15) is 37.0 Å². The van der Waals surface area contributed by atoms with Crippen molar-refractivity contribution in [1.29, 1.82) is 5.26 Å². The van der Waals surface area contributed by atoms with E-state index in [9.17, 15) is 13.2 Å². The third kappa shape index (κ3) is 8.30. The number of sulfone groups is 1. The van der Waals surface area contributed by atoms with Gasteiger partial charge in [-0.15, -0.1) is 0 Å². The van der Waals surface area contributed by atoms with Crippen LogP contribution in [0.25, 0.3) is 0 Å². The molecule has 0 radical (unpaired) electrons. The minimum Gasteiger partial charge on any atom is -0.493 e. The summed E-state index contributed by atoms with van der Waals surface area (Å²) in [5.74, 6) is 0.272. The summed E-state index contributed by atoms with van der Waals surface area (Å²) < 4.78 is 35.7. The molecule has 8 heteroatoms. The summed E-state index contributed by atoms with van der Waals surface area (Å²) in [7, 11) is -2.09. The van der Waals surface area contributed by atoms with E-state index in [0.29, 0.717) is 35.2 Å². The fraction of sp³-hybridized carbons (Fsp3) is 0.391. The topological polar surface area (TPSA) is 105 Å². The highest BCUT2D eigenvalue weighted by Gasteiger charge is 2.17. The number of amides is 1. The summed E-state index contributed by atoms with van der Waals surface area (Å²) >= 11 is 0. The zero-order valence-corrected chi connectivity index (χ0v) is 18.9. The van der Waals surface area contributed by atoms with Crippen LogP contribution in [0, 0.1) is 17.2 Å². The second-order valence-corrected chi connectivity index (χ2v) is 9.70. The van der Waals surface area contributed by atoms with Crippen LogP contribution in [-0.4, -0.2) is 33.8 Å². The van der Waals surface area contributed by atoms with Crippen molar-refractivity contribution in [3.63, 3.8) is 0 Å². The number of nitrogens with one attached hydrogen (secondary N) is 1. The lowest BCUT2D eigenvalue weighted by molar-refractivity contribution is -0.118. The largest absolute Gasteiger partial charge is 0.493 e. The van der Waals surface area contributed by atoms with E-state index >= 15 is 0 Å². The molecular weight excluding hydrogens is 416 g/mol. The summed E-state index contributed by atoms with van der Waals surface area (Å²) in [6.07, 6.45) is 0.928. The molecule has 0 spiro atoms. The van der Waals surface area contributed by atoms with Crippen molar-refractivity contribution in [3.05, 3.63) is 59.2 Å². The van der Waals surface area contributed by atoms with Crippen molar-refractivity contribution in [2.75, 3.05) is 19.5 Å². The molecule has 0 saturated carbocycles. The molecule has 0 aliphatic carbocycles. The van der Waals surface area contributed by atoms with Crippen molar-refractivity contribution < 1.29 is 22.7 Å². The highest BCUT2D eigenvalue weighted by atomic mass is 32.2. The maximum absolute atomic E-state index is 12.3. The predicted molar refractivity (Wildman–Crippen MR) is 118 cm³/mol. The minimum absolute atomic E-state index is 0.174. The molecule has 0 aliphatic rings. The number of ether oxygens (including phenoxy) is 2. The van der Waals surface area contributed by atoms with Crippen molar-refractivity contribution in [1.82, 2.24) is 5.32 Å². The smallest absolute Gasteiger partial charge is 0.235 e. The Bertz CT molecular complexity index is 1020. The Morgan fingerprint density at radius 3 is 2.39 bits per heavy atom. The maximum atomic E-state index is 12.3. The highest BCUT2D eigenvalue weighted by molar-refractivity contribution is 7.91. The van der Waals surface area contributed by atoms with Gasteiger partial charge in [-0.2, -0.15) is 5.26 Å². The Hall–Kier alpha value is -3.05. The third-order valence-electron chi connectivity index (χ3n) is 4.49. The van der Waals surface area contributed by atoms with Gasteiger partial charge in [0.15, 0.2) is 21.3 Å². The first-order valence-electron chi connectivity index (χ1n) is 9.98. The first-order chi connectivity index (χ1) is 14.7. The number of carbonyl (C=O) groups is 1. The van der Waals surface area contributed by atoms with Crippen LogP contribution in [-0.2, 0) is 26.9 Å². The van der Waals surface area contributed by atoms with Gasteiger partial charge in [-0.1, -0.05) is 32.0 Å². The van der Waals surface area contributed by atoms with Gasteiger partial charge < -0.3 is 14.8 Å². The lowest BCUT2D eigenvalue weighted by Crippen LogP contribution is -2.30. The van der Waals surface area contributed by atoms with Crippen LogP contribution in [0.4, 0.5) is 0 Å². The fourth-order valence-corrected chi connectivity index (χ4v) is 4.08. The monoisotopic (exact) mass is 444 g/mol. The number of hydrogen-bond donors (Lipinski definition) is 1. The van der Waals surface area contributed by atoms with Crippen molar-refractivity contribution in [2.24, 2.45) is 5.92 Å². The van der Waals surface area contributed by atoms with Gasteiger partial charge in [0.05, 0.1) is 31.1 Å². The quantitative estimate of drug-likeness (QED) is 0.570. The van der Waals surface area contributed by atoms with Crippen LogP contribution in [0.2, 0.25) is 0 Å². The molecule has 2 aromatic rings. The molecule has 0 fully saturated rings. The number of hydrogen-bond acceptors (Lipinski definition) is 6. The van der Waals surface area contributed by atoms with E-state index in [0.717, 1.165) is 12.0 Å². The van der Waals surface area contributed by atoms with Crippen LogP contribution in [0.15, 0.2) is 42.5 Å². The Kier molecular flexibility index (Phi) is 8.88. The second kappa shape index (κ2) is 11.4. The molecule has 31 heavy (non-hydrogen) atoms. The molecular formula is C23H28N2O5S. The van der Waals surface area contributed by atoms with Gasteiger partial charge in [0.25, 0.3) is 0 Å². The Balaban J connectivity index is 1.90. The molecule has 0 aromatic heterocycles. The molecule has 0 bridgehead atoms. The molecule has 0 atom stereocenters. The summed E-state index contributed by atoms with van der Waals surface area (Å²) in [5, 5.41) is 11.4. The first kappa shape index (κ1) is 24.2. The van der Waals surface area contributed by atoms with Crippen LogP contribution < -0.4 is 14.8 Å². The maximum Gasteiger partial charge on any atom is 0.235 e. The van der Waals surface area contributed by atoms with Gasteiger partial charge in [0.2, 0.25) is 5.91 Å². The SMILES string of the molecule is COc1cc(CNC(=O)CS(=O)(=O)Cc2ccc(C#N)cc2)ccc1OCCC(C)C. The first-order valence-corrected chi connectivity index (χ1v) is 11.8.